The molecule has 1 amide bonds. The molecule has 0 atom stereocenters. The summed E-state index contributed by atoms with van der Waals surface area (Å²) in [6, 6.07) is 17.9. The Labute approximate surface area is 190 Å². The van der Waals surface area contributed by atoms with Crippen LogP contribution in [0.3, 0.4) is 0 Å². The molecule has 0 fully saturated rings. The average Bonchev–Trinajstić information content (AvgIpc) is 3.10. The Bertz CT molecular complexity index is 1320. The van der Waals surface area contributed by atoms with Gasteiger partial charge in [-0.15, -0.1) is 0 Å². The summed E-state index contributed by atoms with van der Waals surface area (Å²) >= 11 is 0. The quantitative estimate of drug-likeness (QED) is 0.559. The van der Waals surface area contributed by atoms with E-state index in [1.54, 1.807) is 0 Å². The van der Waals surface area contributed by atoms with Crippen LogP contribution < -0.4 is 10.1 Å². The van der Waals surface area contributed by atoms with Crippen molar-refractivity contribution in [2.75, 3.05) is 25.3 Å². The highest BCUT2D eigenvalue weighted by Gasteiger charge is 2.29. The summed E-state index contributed by atoms with van der Waals surface area (Å²) in [4.78, 5) is 24.0. The second-order valence-electron chi connectivity index (χ2n) is 7.58. The van der Waals surface area contributed by atoms with Crippen LogP contribution in [0.15, 0.2) is 65.6 Å². The van der Waals surface area contributed by atoms with Gasteiger partial charge in [-0.1, -0.05) is 48.5 Å². The Morgan fingerprint density at radius 2 is 1.58 bits per heavy atom. The number of carbonyl (C=O) groups is 2. The predicted molar refractivity (Wildman–Crippen MR) is 122 cm³/mol. The number of amides is 1. The predicted octanol–water partition coefficient (Wildman–Crippen LogP) is 4.16. The first-order valence-corrected chi connectivity index (χ1v) is 11.9. The molecule has 0 saturated heterocycles. The van der Waals surface area contributed by atoms with E-state index < -0.39 is 27.5 Å². The van der Waals surface area contributed by atoms with Gasteiger partial charge in [0.05, 0.1) is 18.4 Å². The number of carbonyl (C=O) groups excluding carboxylic acids is 1. The lowest BCUT2D eigenvalue weighted by atomic mass is 9.98. The van der Waals surface area contributed by atoms with E-state index in [1.807, 2.05) is 48.5 Å². The number of hydrogen-bond donors (Lipinski definition) is 2. The van der Waals surface area contributed by atoms with Crippen LogP contribution in [-0.4, -0.2) is 45.6 Å². The molecule has 170 valence electrons. The second kappa shape index (κ2) is 8.59. The van der Waals surface area contributed by atoms with Gasteiger partial charge in [0.15, 0.2) is 9.84 Å². The van der Waals surface area contributed by atoms with Crippen LogP contribution in [0.4, 0.5) is 10.5 Å². The lowest BCUT2D eigenvalue weighted by Crippen LogP contribution is -2.20. The molecule has 0 aliphatic heterocycles. The zero-order valence-corrected chi connectivity index (χ0v) is 18.7. The number of carboxylic acids is 1. The lowest BCUT2D eigenvalue weighted by molar-refractivity contribution is 0.0697. The van der Waals surface area contributed by atoms with E-state index in [9.17, 15) is 23.1 Å². The number of sulfone groups is 1. The highest BCUT2D eigenvalue weighted by atomic mass is 32.2. The summed E-state index contributed by atoms with van der Waals surface area (Å²) in [6.07, 6.45) is 0.0725. The first-order valence-electron chi connectivity index (χ1n) is 9.98. The molecule has 0 unspecified atom stereocenters. The van der Waals surface area contributed by atoms with Crippen LogP contribution in [0.5, 0.6) is 5.75 Å². The molecule has 33 heavy (non-hydrogen) atoms. The first-order chi connectivity index (χ1) is 15.7. The molecule has 0 heterocycles. The number of benzene rings is 3. The molecule has 4 rings (SSSR count). The van der Waals surface area contributed by atoms with Crippen molar-refractivity contribution in [3.8, 4) is 16.9 Å². The number of carboxylic acid groups (broad SMARTS) is 1. The third-order valence-corrected chi connectivity index (χ3v) is 6.63. The van der Waals surface area contributed by atoms with Crippen molar-refractivity contribution in [3.05, 3.63) is 77.4 Å². The summed E-state index contributed by atoms with van der Waals surface area (Å²) in [5, 5.41) is 11.9. The molecule has 0 saturated carbocycles. The Hall–Kier alpha value is -3.85. The molecule has 8 nitrogen and oxygen atoms in total. The normalized spacial score (nSPS) is 12.5. The van der Waals surface area contributed by atoms with Gasteiger partial charge in [-0.3, -0.25) is 5.32 Å². The number of anilines is 1. The summed E-state index contributed by atoms with van der Waals surface area (Å²) in [5.41, 5.74) is 3.70. The van der Waals surface area contributed by atoms with Crippen molar-refractivity contribution in [2.45, 2.75) is 10.8 Å². The molecule has 3 aromatic rings. The monoisotopic (exact) mass is 467 g/mol. The van der Waals surface area contributed by atoms with Crippen LogP contribution in [0.25, 0.3) is 11.1 Å². The number of ether oxygens (including phenoxy) is 2. The zero-order valence-electron chi connectivity index (χ0n) is 17.9. The number of hydrogen-bond acceptors (Lipinski definition) is 6. The summed E-state index contributed by atoms with van der Waals surface area (Å²) in [6.45, 7) is 0.0425. The highest BCUT2D eigenvalue weighted by molar-refractivity contribution is 7.90. The van der Waals surface area contributed by atoms with Gasteiger partial charge in [0, 0.05) is 18.2 Å². The Morgan fingerprint density at radius 1 is 1.00 bits per heavy atom. The minimum atomic E-state index is -3.76. The second-order valence-corrected chi connectivity index (χ2v) is 9.56. The van der Waals surface area contributed by atoms with Gasteiger partial charge in [-0.2, -0.15) is 0 Å². The standard InChI is InChI=1S/C24H21NO7S/c1-31-21-12-20(18(23(26)27)11-22(21)33(2,29)30)25-24(28)32-13-19-16-9-5-3-7-14(16)15-8-4-6-10-17(15)19/h3-12,19H,13H2,1-2H3,(H,25,28)(H,26,27). The van der Waals surface area contributed by atoms with Crippen molar-refractivity contribution in [1.82, 2.24) is 0 Å². The molecular weight excluding hydrogens is 446 g/mol. The maximum absolute atomic E-state index is 12.6. The van der Waals surface area contributed by atoms with E-state index in [0.29, 0.717) is 0 Å². The Balaban J connectivity index is 1.57. The summed E-state index contributed by atoms with van der Waals surface area (Å²) in [5.74, 6) is -1.66. The van der Waals surface area contributed by atoms with Crippen molar-refractivity contribution >= 4 is 27.6 Å². The van der Waals surface area contributed by atoms with E-state index in [-0.39, 0.29) is 28.9 Å². The maximum atomic E-state index is 12.6. The molecule has 3 aromatic carbocycles. The van der Waals surface area contributed by atoms with Crippen molar-refractivity contribution in [1.29, 1.82) is 0 Å². The van der Waals surface area contributed by atoms with Gasteiger partial charge >= 0.3 is 12.1 Å². The fourth-order valence-corrected chi connectivity index (χ4v) is 4.87. The molecule has 0 radical (unpaired) electrons. The number of methoxy groups -OCH3 is 1. The minimum Gasteiger partial charge on any atom is -0.495 e. The maximum Gasteiger partial charge on any atom is 0.411 e. The van der Waals surface area contributed by atoms with Crippen molar-refractivity contribution < 1.29 is 32.6 Å². The van der Waals surface area contributed by atoms with Gasteiger partial charge < -0.3 is 14.6 Å². The molecule has 9 heteroatoms. The Morgan fingerprint density at radius 3 is 2.09 bits per heavy atom. The van der Waals surface area contributed by atoms with E-state index in [4.69, 9.17) is 9.47 Å². The molecule has 2 N–H and O–H groups in total. The summed E-state index contributed by atoms with van der Waals surface area (Å²) in [7, 11) is -2.51. The van der Waals surface area contributed by atoms with Gasteiger partial charge in [-0.05, 0) is 28.3 Å². The van der Waals surface area contributed by atoms with E-state index >= 15 is 0 Å². The zero-order chi connectivity index (χ0) is 23.8. The SMILES string of the molecule is COc1cc(NC(=O)OCC2c3ccccc3-c3ccccc32)c(C(=O)O)cc1S(C)(=O)=O. The van der Waals surface area contributed by atoms with Crippen LogP contribution in [0.1, 0.15) is 27.4 Å². The van der Waals surface area contributed by atoms with E-state index in [0.717, 1.165) is 40.6 Å². The van der Waals surface area contributed by atoms with Crippen LogP contribution in [-0.2, 0) is 14.6 Å². The van der Waals surface area contributed by atoms with Gasteiger partial charge in [-0.25, -0.2) is 18.0 Å². The fourth-order valence-electron chi connectivity index (χ4n) is 4.03. The number of fused-ring (bicyclic) bond motifs is 3. The largest absolute Gasteiger partial charge is 0.495 e. The average molecular weight is 467 g/mol. The van der Waals surface area contributed by atoms with Crippen LogP contribution >= 0.6 is 0 Å². The molecule has 0 aromatic heterocycles. The topological polar surface area (TPSA) is 119 Å². The van der Waals surface area contributed by atoms with E-state index in [2.05, 4.69) is 5.32 Å². The third kappa shape index (κ3) is 4.27. The van der Waals surface area contributed by atoms with Gasteiger partial charge in [0.2, 0.25) is 0 Å². The molecule has 0 bridgehead atoms. The highest BCUT2D eigenvalue weighted by Crippen LogP contribution is 2.44. The number of aromatic carboxylic acids is 1. The molecule has 1 aliphatic rings. The first kappa shape index (κ1) is 22.3. The number of nitrogens with one attached hydrogen (secondary N) is 1. The van der Waals surface area contributed by atoms with Crippen molar-refractivity contribution in [2.24, 2.45) is 0 Å². The third-order valence-electron chi connectivity index (χ3n) is 5.51. The van der Waals surface area contributed by atoms with Crippen LogP contribution in [0.2, 0.25) is 0 Å². The lowest BCUT2D eigenvalue weighted by Gasteiger charge is -2.16. The van der Waals surface area contributed by atoms with Gasteiger partial charge in [0.1, 0.15) is 17.3 Å². The molecule has 1 aliphatic carbocycles. The minimum absolute atomic E-state index is 0.0425. The van der Waals surface area contributed by atoms with Gasteiger partial charge in [0.25, 0.3) is 0 Å². The van der Waals surface area contributed by atoms with Crippen LogP contribution in [0, 0.1) is 0 Å². The van der Waals surface area contributed by atoms with E-state index in [1.165, 1.54) is 7.11 Å². The fraction of sp³-hybridized carbons (Fsp3) is 0.167. The molecule has 0 spiro atoms. The summed E-state index contributed by atoms with van der Waals surface area (Å²) < 4.78 is 34.5. The number of rotatable bonds is 6. The smallest absolute Gasteiger partial charge is 0.411 e. The van der Waals surface area contributed by atoms with Crippen molar-refractivity contribution in [3.63, 3.8) is 0 Å². The Kier molecular flexibility index (Phi) is 5.82. The molecular formula is C24H21NO7S.